The maximum Gasteiger partial charge on any atom is 0.137 e. The monoisotopic (exact) mass is 369 g/mol. The number of nitrogens with zero attached hydrogens (tertiary/aromatic N) is 2. The molecule has 0 amide bonds. The third kappa shape index (κ3) is 1.80. The Bertz CT molecular complexity index is 619. The largest absolute Gasteiger partial charge is 0.383 e. The van der Waals surface area contributed by atoms with Gasteiger partial charge in [-0.15, -0.1) is 0 Å². The number of hydrogen-bond donors (Lipinski definition) is 1. The zero-order valence-electron chi connectivity index (χ0n) is 9.95. The normalized spacial score (nSPS) is 18.1. The van der Waals surface area contributed by atoms with Crippen LogP contribution in [0.2, 0.25) is 0 Å². The van der Waals surface area contributed by atoms with Crippen LogP contribution in [-0.2, 0) is 6.42 Å². The number of aromatic nitrogens is 2. The first-order chi connectivity index (χ1) is 8.58. The lowest BCUT2D eigenvalue weighted by molar-refractivity contribution is 0.524. The van der Waals surface area contributed by atoms with E-state index in [1.165, 1.54) is 11.1 Å². The van der Waals surface area contributed by atoms with Gasteiger partial charge >= 0.3 is 0 Å². The molecule has 1 aliphatic rings. The molecule has 1 aliphatic carbocycles. The van der Waals surface area contributed by atoms with Crippen LogP contribution in [0.25, 0.3) is 0 Å². The highest BCUT2D eigenvalue weighted by molar-refractivity contribution is 9.11. The van der Waals surface area contributed by atoms with E-state index in [1.807, 2.05) is 11.6 Å². The standard InChI is InChI=1S/C13H13Br2N3/c1-7-12(15)13(16)18(17-7)11-5-2-8-6-9(14)3-4-10(8)11/h3-4,6,11H,2,5,16H2,1H3. The second-order valence-corrected chi connectivity index (χ2v) is 6.34. The number of nitrogen functional groups attached to an aromatic ring is 1. The quantitative estimate of drug-likeness (QED) is 0.828. The van der Waals surface area contributed by atoms with Crippen molar-refractivity contribution in [1.29, 1.82) is 0 Å². The fourth-order valence-corrected chi connectivity index (χ4v) is 3.27. The van der Waals surface area contributed by atoms with Crippen LogP contribution in [0, 0.1) is 6.92 Å². The molecule has 1 aromatic carbocycles. The van der Waals surface area contributed by atoms with Gasteiger partial charge in [0.1, 0.15) is 5.82 Å². The Labute approximate surface area is 123 Å². The Hall–Kier alpha value is -0.810. The number of fused-ring (bicyclic) bond motifs is 1. The summed E-state index contributed by atoms with van der Waals surface area (Å²) in [6.45, 7) is 1.97. The first-order valence-electron chi connectivity index (χ1n) is 5.86. The van der Waals surface area contributed by atoms with Gasteiger partial charge in [0.2, 0.25) is 0 Å². The molecule has 0 fully saturated rings. The summed E-state index contributed by atoms with van der Waals surface area (Å²) >= 11 is 7.00. The summed E-state index contributed by atoms with van der Waals surface area (Å²) < 4.78 is 3.99. The summed E-state index contributed by atoms with van der Waals surface area (Å²) in [5.41, 5.74) is 9.78. The number of hydrogen-bond acceptors (Lipinski definition) is 2. The molecule has 0 aliphatic heterocycles. The lowest BCUT2D eigenvalue weighted by Crippen LogP contribution is -2.12. The van der Waals surface area contributed by atoms with Crippen LogP contribution in [0.3, 0.4) is 0 Å². The Morgan fingerprint density at radius 2 is 2.17 bits per heavy atom. The van der Waals surface area contributed by atoms with Crippen molar-refractivity contribution in [3.05, 3.63) is 44.0 Å². The average molecular weight is 371 g/mol. The van der Waals surface area contributed by atoms with Gasteiger partial charge in [0.25, 0.3) is 0 Å². The molecule has 3 rings (SSSR count). The van der Waals surface area contributed by atoms with Crippen LogP contribution in [0.5, 0.6) is 0 Å². The molecular weight excluding hydrogens is 358 g/mol. The maximum atomic E-state index is 6.11. The first-order valence-corrected chi connectivity index (χ1v) is 7.45. The maximum absolute atomic E-state index is 6.11. The predicted molar refractivity (Wildman–Crippen MR) is 79.7 cm³/mol. The van der Waals surface area contributed by atoms with Gasteiger partial charge in [-0.1, -0.05) is 22.0 Å². The van der Waals surface area contributed by atoms with Gasteiger partial charge in [0.15, 0.2) is 0 Å². The number of anilines is 1. The molecule has 0 radical (unpaired) electrons. The minimum atomic E-state index is 0.262. The number of nitrogens with two attached hydrogens (primary N) is 1. The predicted octanol–water partition coefficient (Wildman–Crippen LogP) is 3.83. The Balaban J connectivity index is 2.09. The van der Waals surface area contributed by atoms with E-state index in [0.29, 0.717) is 5.82 Å². The van der Waals surface area contributed by atoms with Gasteiger partial charge in [-0.2, -0.15) is 5.10 Å². The van der Waals surface area contributed by atoms with Crippen molar-refractivity contribution in [2.45, 2.75) is 25.8 Å². The molecule has 1 aromatic heterocycles. The van der Waals surface area contributed by atoms with Crippen LogP contribution in [0.15, 0.2) is 27.1 Å². The van der Waals surface area contributed by atoms with Crippen LogP contribution < -0.4 is 5.73 Å². The first kappa shape index (κ1) is 12.2. The average Bonchev–Trinajstić information content (AvgIpc) is 2.85. The molecule has 1 heterocycles. The molecule has 1 atom stereocenters. The zero-order valence-corrected chi connectivity index (χ0v) is 13.1. The second-order valence-electron chi connectivity index (χ2n) is 4.63. The Kier molecular flexibility index (Phi) is 2.98. The fourth-order valence-electron chi connectivity index (χ4n) is 2.60. The second kappa shape index (κ2) is 4.38. The molecule has 0 saturated carbocycles. The Morgan fingerprint density at radius 1 is 1.39 bits per heavy atom. The van der Waals surface area contributed by atoms with Gasteiger partial charge < -0.3 is 5.73 Å². The van der Waals surface area contributed by atoms with Crippen molar-refractivity contribution in [3.8, 4) is 0 Å². The van der Waals surface area contributed by atoms with Crippen molar-refractivity contribution in [2.75, 3.05) is 5.73 Å². The van der Waals surface area contributed by atoms with E-state index < -0.39 is 0 Å². The molecule has 1 unspecified atom stereocenters. The van der Waals surface area contributed by atoms with E-state index in [1.54, 1.807) is 0 Å². The molecular formula is C13H13Br2N3. The van der Waals surface area contributed by atoms with Crippen LogP contribution >= 0.6 is 31.9 Å². The molecule has 5 heteroatoms. The molecule has 0 bridgehead atoms. The summed E-state index contributed by atoms with van der Waals surface area (Å²) in [5, 5.41) is 4.55. The third-order valence-corrected chi connectivity index (χ3v) is 4.97. The summed E-state index contributed by atoms with van der Waals surface area (Å²) in [7, 11) is 0. The molecule has 2 aromatic rings. The number of aryl methyl sites for hydroxylation is 2. The van der Waals surface area contributed by atoms with Crippen molar-refractivity contribution in [1.82, 2.24) is 9.78 Å². The van der Waals surface area contributed by atoms with Crippen LogP contribution in [0.4, 0.5) is 5.82 Å². The van der Waals surface area contributed by atoms with Crippen molar-refractivity contribution < 1.29 is 0 Å². The highest BCUT2D eigenvalue weighted by Crippen LogP contribution is 2.38. The number of rotatable bonds is 1. The van der Waals surface area contributed by atoms with E-state index in [9.17, 15) is 0 Å². The highest BCUT2D eigenvalue weighted by Gasteiger charge is 2.27. The molecule has 94 valence electrons. The minimum Gasteiger partial charge on any atom is -0.383 e. The fraction of sp³-hybridized carbons (Fsp3) is 0.308. The molecule has 3 nitrogen and oxygen atoms in total. The van der Waals surface area contributed by atoms with Gasteiger partial charge in [0, 0.05) is 4.47 Å². The van der Waals surface area contributed by atoms with Crippen LogP contribution in [-0.4, -0.2) is 9.78 Å². The van der Waals surface area contributed by atoms with Gasteiger partial charge in [-0.3, -0.25) is 0 Å². The van der Waals surface area contributed by atoms with Crippen molar-refractivity contribution in [3.63, 3.8) is 0 Å². The van der Waals surface area contributed by atoms with Gasteiger partial charge in [0.05, 0.1) is 16.2 Å². The minimum absolute atomic E-state index is 0.262. The van der Waals surface area contributed by atoms with Crippen molar-refractivity contribution in [2.24, 2.45) is 0 Å². The zero-order chi connectivity index (χ0) is 12.9. The molecule has 0 saturated heterocycles. The highest BCUT2D eigenvalue weighted by atomic mass is 79.9. The lowest BCUT2D eigenvalue weighted by atomic mass is 10.1. The summed E-state index contributed by atoms with van der Waals surface area (Å²) in [5.74, 6) is 0.716. The lowest BCUT2D eigenvalue weighted by Gasteiger charge is -2.14. The van der Waals surface area contributed by atoms with Crippen LogP contribution in [0.1, 0.15) is 29.3 Å². The molecule has 0 spiro atoms. The number of benzene rings is 1. The molecule has 18 heavy (non-hydrogen) atoms. The van der Waals surface area contributed by atoms with E-state index >= 15 is 0 Å². The van der Waals surface area contributed by atoms with Gasteiger partial charge in [-0.05, 0) is 59.0 Å². The van der Waals surface area contributed by atoms with E-state index in [2.05, 4.69) is 55.2 Å². The molecule has 2 N–H and O–H groups in total. The SMILES string of the molecule is Cc1nn(C2CCc3cc(Br)ccc32)c(N)c1Br. The summed E-state index contributed by atoms with van der Waals surface area (Å²) in [6.07, 6.45) is 2.14. The topological polar surface area (TPSA) is 43.8 Å². The Morgan fingerprint density at radius 3 is 2.83 bits per heavy atom. The summed E-state index contributed by atoms with van der Waals surface area (Å²) in [4.78, 5) is 0. The summed E-state index contributed by atoms with van der Waals surface area (Å²) in [6, 6.07) is 6.70. The number of halogens is 2. The van der Waals surface area contributed by atoms with E-state index in [0.717, 1.165) is 27.5 Å². The van der Waals surface area contributed by atoms with Gasteiger partial charge in [-0.25, -0.2) is 4.68 Å². The van der Waals surface area contributed by atoms with Crippen molar-refractivity contribution >= 4 is 37.7 Å². The third-order valence-electron chi connectivity index (χ3n) is 3.49. The van der Waals surface area contributed by atoms with E-state index in [-0.39, 0.29) is 6.04 Å². The van der Waals surface area contributed by atoms with E-state index in [4.69, 9.17) is 5.73 Å². The smallest absolute Gasteiger partial charge is 0.137 e.